The Morgan fingerprint density at radius 3 is 1.02 bits per heavy atom. The number of ketones is 3. The van der Waals surface area contributed by atoms with Gasteiger partial charge in [-0.25, -0.2) is 9.97 Å². The summed E-state index contributed by atoms with van der Waals surface area (Å²) in [6.07, 6.45) is 0.847. The van der Waals surface area contributed by atoms with E-state index in [4.69, 9.17) is 68.4 Å². The van der Waals surface area contributed by atoms with E-state index in [-0.39, 0.29) is 120 Å². The normalized spacial score (nSPS) is 16.4. The van der Waals surface area contributed by atoms with Gasteiger partial charge in [0.05, 0.1) is 214 Å². The van der Waals surface area contributed by atoms with Gasteiger partial charge in [-0.2, -0.15) is 0 Å². The molecule has 0 radical (unpaired) electrons. The molecule has 2 saturated heterocycles. The predicted molar refractivity (Wildman–Crippen MR) is 393 cm³/mol. The van der Waals surface area contributed by atoms with E-state index in [2.05, 4.69) is 22.1 Å². The summed E-state index contributed by atoms with van der Waals surface area (Å²) in [5.74, 6) is -4.05. The number of rotatable bonds is 50. The molecule has 1 unspecified atom stereocenters. The highest BCUT2D eigenvalue weighted by Gasteiger charge is 2.45. The first-order chi connectivity index (χ1) is 50.1. The average Bonchev–Trinajstić information content (AvgIpc) is 1.71. The first kappa shape index (κ1) is 90.9. The maximum atomic E-state index is 13.9. The molecule has 2 amide bonds. The Labute approximate surface area is 624 Å². The van der Waals surface area contributed by atoms with Crippen LogP contribution in [0.25, 0.3) is 20.9 Å². The molecule has 6 atom stereocenters. The highest BCUT2D eigenvalue weighted by Crippen LogP contribution is 2.35. The Balaban J connectivity index is 0.000000370. The third-order valence-corrected chi connectivity index (χ3v) is 18.9. The Hall–Kier alpha value is -6.46. The lowest BCUT2D eigenvalue weighted by atomic mass is 9.76. The molecule has 0 saturated carbocycles. The van der Waals surface area contributed by atoms with Crippen LogP contribution in [0.2, 0.25) is 0 Å². The third-order valence-electron chi connectivity index (χ3n) is 17.0. The van der Waals surface area contributed by atoms with Crippen molar-refractivity contribution in [2.45, 2.75) is 156 Å². The number of nitrogens with zero attached hydrogens (tertiary/aromatic N) is 4. The maximum absolute atomic E-state index is 13.9. The molecule has 30 heteroatoms. The number of likely N-dealkylation sites (tertiary alicyclic amines) is 2. The molecule has 2 aliphatic rings. The van der Waals surface area contributed by atoms with E-state index in [1.54, 1.807) is 22.7 Å². The molecule has 2 aromatic heterocycles. The molecule has 4 aromatic rings. The largest absolute Gasteiger partial charge is 0.481 e. The number of carbonyl (C=O) groups excluding carboxylic acids is 5. The highest BCUT2D eigenvalue weighted by molar-refractivity contribution is 7.13. The number of ether oxygens (including phenoxy) is 10. The number of carbonyl (C=O) groups is 8. The van der Waals surface area contributed by atoms with E-state index >= 15 is 0 Å². The quantitative estimate of drug-likeness (QED) is 0.0239. The number of Topliss-reactive ketones (excluding diaryl/α,β-unsaturated/α-hetero) is 3. The number of hydrogen-bond donors (Lipinski definition) is 6. The van der Waals surface area contributed by atoms with Gasteiger partial charge in [-0.15, -0.1) is 22.7 Å². The van der Waals surface area contributed by atoms with Crippen molar-refractivity contribution >= 4 is 69.7 Å². The van der Waals surface area contributed by atoms with Crippen LogP contribution in [0.15, 0.2) is 59.6 Å². The van der Waals surface area contributed by atoms with Crippen molar-refractivity contribution in [3.8, 4) is 20.9 Å². The second-order valence-electron chi connectivity index (χ2n) is 27.5. The number of benzene rings is 2. The van der Waals surface area contributed by atoms with E-state index in [1.165, 1.54) is 9.80 Å². The number of aliphatic hydroxyl groups is 2. The van der Waals surface area contributed by atoms with Crippen LogP contribution >= 0.6 is 22.7 Å². The first-order valence-corrected chi connectivity index (χ1v) is 37.5. The summed E-state index contributed by atoms with van der Waals surface area (Å²) in [4.78, 5) is 111. The van der Waals surface area contributed by atoms with E-state index in [0.717, 1.165) is 43.4 Å². The summed E-state index contributed by atoms with van der Waals surface area (Å²) in [6, 6.07) is 14.2. The number of nitrogens with two attached hydrogens (primary N) is 1. The summed E-state index contributed by atoms with van der Waals surface area (Å²) in [7, 11) is 0. The number of carboxylic acids is 3. The number of amides is 2. The lowest BCUT2D eigenvalue weighted by Gasteiger charge is -2.34. The third kappa shape index (κ3) is 36.8. The van der Waals surface area contributed by atoms with Crippen LogP contribution in [0.1, 0.15) is 122 Å². The second kappa shape index (κ2) is 50.2. The number of thiazole rings is 2. The number of aliphatic hydroxyl groups excluding tert-OH is 2. The fourth-order valence-electron chi connectivity index (χ4n) is 10.9. The van der Waals surface area contributed by atoms with E-state index in [1.807, 2.05) is 103 Å². The van der Waals surface area contributed by atoms with Crippen molar-refractivity contribution in [1.29, 1.82) is 0 Å². The number of hydrogen-bond acceptors (Lipinski definition) is 25. The Bertz CT molecular complexity index is 3160. The van der Waals surface area contributed by atoms with Gasteiger partial charge in [0.25, 0.3) is 0 Å². The fourth-order valence-corrected chi connectivity index (χ4v) is 12.5. The van der Waals surface area contributed by atoms with Crippen LogP contribution < -0.4 is 5.73 Å². The van der Waals surface area contributed by atoms with Gasteiger partial charge in [-0.1, -0.05) is 90.1 Å². The molecule has 0 aliphatic carbocycles. The topological polar surface area (TPSA) is 388 Å². The monoisotopic (exact) mass is 1520 g/mol. The van der Waals surface area contributed by atoms with Gasteiger partial charge in [-0.3, -0.25) is 38.4 Å². The zero-order valence-electron chi connectivity index (χ0n) is 62.3. The standard InChI is InChI=1S/C38H56N2O11S.C23H31N3O3S.C14H26O9/c1-27-36(52-26-39-27)29-8-5-28(6-9-29)7-10-34(43)33-24-31(42)25-40(33)37(46)32(38(2,3)4)23-30(41)11-13-47-15-17-49-19-21-51-22-20-50-18-16-48-14-12-35(44)45;1-14-20(30-13-25-14)16-8-5-15(6-9-16)7-10-19(28)18-11-17(27)12-26(18)22(29)21(24)23(2,3)4;15-13(16)1-3-19-5-7-21-9-11-23-12-10-22-8-6-20-4-2-14(17)18/h5-6,8-9,26,31-33,42H,7,10-25H2,1-4H3,(H,44,45);5-6,8-9,13,17-18,21,27H,7,10-12,24H2,1-4H3;1-12H2,(H,15,16)(H,17,18)/t31-,32-,33?;17-,18+,21-;/m11./s1. The summed E-state index contributed by atoms with van der Waals surface area (Å²) in [5, 5.41) is 45.9. The summed E-state index contributed by atoms with van der Waals surface area (Å²) in [5.41, 5.74) is 15.1. The van der Waals surface area contributed by atoms with Crippen molar-refractivity contribution in [1.82, 2.24) is 19.8 Å². The van der Waals surface area contributed by atoms with E-state index in [9.17, 15) is 48.6 Å². The van der Waals surface area contributed by atoms with Crippen LogP contribution in [0.4, 0.5) is 0 Å². The number of aromatic nitrogens is 2. The minimum absolute atomic E-state index is 0.00624. The molecule has 4 heterocycles. The molecular formula is C75H113N5O23S2. The van der Waals surface area contributed by atoms with Crippen LogP contribution in [-0.2, 0) is 98.6 Å². The maximum Gasteiger partial charge on any atom is 0.305 e. The smallest absolute Gasteiger partial charge is 0.305 e. The van der Waals surface area contributed by atoms with Gasteiger partial charge in [0.2, 0.25) is 11.8 Å². The molecule has 2 fully saturated rings. The summed E-state index contributed by atoms with van der Waals surface area (Å²) < 4.78 is 52.8. The van der Waals surface area contributed by atoms with Gasteiger partial charge in [0.15, 0.2) is 11.6 Å². The Morgan fingerprint density at radius 2 is 0.743 bits per heavy atom. The molecular weight excluding hydrogens is 1400 g/mol. The second-order valence-corrected chi connectivity index (χ2v) is 29.2. The molecule has 7 N–H and O–H groups in total. The zero-order valence-corrected chi connectivity index (χ0v) is 64.0. The average molecular weight is 1520 g/mol. The SMILES string of the molecule is Cc1ncsc1-c1ccc(CCC(=O)C2C[C@@H](O)CN2C(=O)[C@@H](CC(=O)CCOCCOCCOCCOCCOCCC(=O)O)C(C)(C)C)cc1.Cc1ncsc1-c1ccc(CCC(=O)[C@@H]2C[C@@H](O)CN2C(=O)[C@@H](N)C(C)(C)C)cc1.O=C(O)CCOCCOCCOCCOCCOCCC(=O)O. The van der Waals surface area contributed by atoms with Crippen LogP contribution in [0.3, 0.4) is 0 Å². The number of carboxylic acid groups (broad SMARTS) is 3. The van der Waals surface area contributed by atoms with Crippen LogP contribution in [0, 0.1) is 30.6 Å². The molecule has 2 aromatic carbocycles. The van der Waals surface area contributed by atoms with Gasteiger partial charge in [0.1, 0.15) is 5.78 Å². The molecule has 0 bridgehead atoms. The minimum atomic E-state index is -0.896. The highest BCUT2D eigenvalue weighted by atomic mass is 32.1. The van der Waals surface area contributed by atoms with Crippen LogP contribution in [-0.4, -0.2) is 268 Å². The molecule has 105 heavy (non-hydrogen) atoms. The van der Waals surface area contributed by atoms with Gasteiger partial charge in [0, 0.05) is 57.5 Å². The van der Waals surface area contributed by atoms with Crippen molar-refractivity contribution in [2.75, 3.05) is 145 Å². The molecule has 2 aliphatic heterocycles. The van der Waals surface area contributed by atoms with Gasteiger partial charge >= 0.3 is 17.9 Å². The molecule has 28 nitrogen and oxygen atoms in total. The van der Waals surface area contributed by atoms with E-state index < -0.39 is 65.0 Å². The van der Waals surface area contributed by atoms with Crippen molar-refractivity contribution in [3.63, 3.8) is 0 Å². The summed E-state index contributed by atoms with van der Waals surface area (Å²) >= 11 is 3.21. The fraction of sp³-hybridized carbons (Fsp3) is 0.653. The predicted octanol–water partition coefficient (Wildman–Crippen LogP) is 7.13. The summed E-state index contributed by atoms with van der Waals surface area (Å²) in [6.45, 7) is 22.6. The van der Waals surface area contributed by atoms with Crippen molar-refractivity contribution < 1.29 is 111 Å². The van der Waals surface area contributed by atoms with Crippen molar-refractivity contribution in [2.24, 2.45) is 22.5 Å². The Kier molecular flexibility index (Phi) is 43.5. The molecule has 0 spiro atoms. The van der Waals surface area contributed by atoms with E-state index in [0.29, 0.717) is 125 Å². The number of β-amino-alcohol motifs (C(OH)–C–C–N with tert-alkyl or cyclic N) is 2. The molecule has 588 valence electrons. The van der Waals surface area contributed by atoms with Gasteiger partial charge in [-0.05, 0) is 59.8 Å². The number of aliphatic carboxylic acids is 3. The lowest BCUT2D eigenvalue weighted by molar-refractivity contribution is -0.146. The van der Waals surface area contributed by atoms with Crippen LogP contribution in [0.5, 0.6) is 0 Å². The zero-order chi connectivity index (χ0) is 77.2. The van der Waals surface area contributed by atoms with Crippen molar-refractivity contribution in [3.05, 3.63) is 82.1 Å². The first-order valence-electron chi connectivity index (χ1n) is 35.8. The van der Waals surface area contributed by atoms with Gasteiger partial charge < -0.3 is 88.4 Å². The lowest BCUT2D eigenvalue weighted by Crippen LogP contribution is -2.53. The minimum Gasteiger partial charge on any atom is -0.481 e. The molecule has 6 rings (SSSR count). The Morgan fingerprint density at radius 1 is 0.448 bits per heavy atom. The number of aryl methyl sites for hydroxylation is 4.